The number of aromatic nitrogens is 1. The molecule has 0 aliphatic carbocycles. The number of hydrogen-bond donors (Lipinski definition) is 2. The molecule has 1 aromatic heterocycles. The average molecular weight is 446 g/mol. The van der Waals surface area contributed by atoms with Crippen molar-refractivity contribution in [1.29, 1.82) is 0 Å². The summed E-state index contributed by atoms with van der Waals surface area (Å²) in [5.41, 5.74) is 1.50. The summed E-state index contributed by atoms with van der Waals surface area (Å²) < 4.78 is 37.9. The Bertz CT molecular complexity index is 868. The zero-order valence-corrected chi connectivity index (χ0v) is 17.8. The van der Waals surface area contributed by atoms with Gasteiger partial charge in [0.05, 0.1) is 6.54 Å². The van der Waals surface area contributed by atoms with Crippen LogP contribution in [0.3, 0.4) is 0 Å². The average Bonchev–Trinajstić information content (AvgIpc) is 3.33. The molecule has 1 unspecified atom stereocenters. The van der Waals surface area contributed by atoms with E-state index in [0.717, 1.165) is 53.5 Å². The number of nitrogens with one attached hydrogen (secondary N) is 2. The molecule has 3 rings (SSSR count). The highest BCUT2D eigenvalue weighted by molar-refractivity contribution is 7.09. The molecule has 1 aromatic carbocycles. The smallest absolute Gasteiger partial charge is 0.371 e. The monoisotopic (exact) mass is 445 g/mol. The van der Waals surface area contributed by atoms with Gasteiger partial charge in [0.1, 0.15) is 5.01 Å². The van der Waals surface area contributed by atoms with Crippen LogP contribution in [-0.2, 0) is 12.7 Å². The van der Waals surface area contributed by atoms with E-state index in [0.29, 0.717) is 16.9 Å². The van der Waals surface area contributed by atoms with Gasteiger partial charge in [0, 0.05) is 42.8 Å². The van der Waals surface area contributed by atoms with Crippen LogP contribution in [0, 0.1) is 12.8 Å². The molecule has 1 fully saturated rings. The lowest BCUT2D eigenvalue weighted by molar-refractivity contribution is -0.140. The van der Waals surface area contributed by atoms with E-state index in [2.05, 4.69) is 32.4 Å². The maximum Gasteiger partial charge on any atom is 0.434 e. The highest BCUT2D eigenvalue weighted by Gasteiger charge is 2.33. The fraction of sp³-hybridized carbons (Fsp3) is 0.474. The lowest BCUT2D eigenvalue weighted by atomic mass is 10.1. The van der Waals surface area contributed by atoms with Crippen LogP contribution in [-0.4, -0.2) is 37.6 Å². The van der Waals surface area contributed by atoms with E-state index in [4.69, 9.17) is 11.6 Å². The van der Waals surface area contributed by atoms with Crippen LogP contribution in [0.15, 0.2) is 28.6 Å². The second-order valence-corrected chi connectivity index (χ2v) is 8.34. The normalized spacial score (nSPS) is 17.7. The van der Waals surface area contributed by atoms with Crippen molar-refractivity contribution in [1.82, 2.24) is 15.6 Å². The van der Waals surface area contributed by atoms with Crippen LogP contribution in [0.1, 0.15) is 22.7 Å². The Labute approximate surface area is 177 Å². The Hall–Kier alpha value is -2.00. The van der Waals surface area contributed by atoms with Crippen LogP contribution in [0.2, 0.25) is 5.02 Å². The molecular weight excluding hydrogens is 423 g/mol. The van der Waals surface area contributed by atoms with E-state index in [1.54, 1.807) is 7.05 Å². The Morgan fingerprint density at radius 1 is 1.38 bits per heavy atom. The zero-order valence-electron chi connectivity index (χ0n) is 16.2. The minimum absolute atomic E-state index is 0.193. The lowest BCUT2D eigenvalue weighted by Gasteiger charge is -2.21. The van der Waals surface area contributed by atoms with Gasteiger partial charge in [-0.3, -0.25) is 4.99 Å². The highest BCUT2D eigenvalue weighted by atomic mass is 35.5. The summed E-state index contributed by atoms with van der Waals surface area (Å²) in [5.74, 6) is 0.981. The molecule has 0 radical (unpaired) electrons. The largest absolute Gasteiger partial charge is 0.434 e. The predicted octanol–water partition coefficient (Wildman–Crippen LogP) is 4.32. The van der Waals surface area contributed by atoms with Gasteiger partial charge in [0.25, 0.3) is 0 Å². The molecular formula is C19H23ClF3N5S. The lowest BCUT2D eigenvalue weighted by Crippen LogP contribution is -2.40. The summed E-state index contributed by atoms with van der Waals surface area (Å²) in [7, 11) is 1.63. The van der Waals surface area contributed by atoms with Crippen molar-refractivity contribution in [2.45, 2.75) is 26.1 Å². The molecule has 1 aliphatic heterocycles. The SMILES string of the molecule is CN=C(NCc1nc(C(F)(F)F)cs1)NCC1CCN(c2cc(Cl)ccc2C)C1. The highest BCUT2D eigenvalue weighted by Crippen LogP contribution is 2.30. The number of aryl methyl sites for hydroxylation is 1. The van der Waals surface area contributed by atoms with Gasteiger partial charge in [-0.1, -0.05) is 17.7 Å². The van der Waals surface area contributed by atoms with Crippen LogP contribution < -0.4 is 15.5 Å². The quantitative estimate of drug-likeness (QED) is 0.531. The van der Waals surface area contributed by atoms with Gasteiger partial charge in [-0.05, 0) is 37.0 Å². The first-order valence-electron chi connectivity index (χ1n) is 9.23. The Morgan fingerprint density at radius 3 is 2.86 bits per heavy atom. The zero-order chi connectivity index (χ0) is 21.0. The summed E-state index contributed by atoms with van der Waals surface area (Å²) >= 11 is 7.11. The number of hydrogen-bond acceptors (Lipinski definition) is 4. The van der Waals surface area contributed by atoms with Gasteiger partial charge in [-0.25, -0.2) is 4.98 Å². The van der Waals surface area contributed by atoms with Crippen molar-refractivity contribution in [2.75, 3.05) is 31.6 Å². The summed E-state index contributed by atoms with van der Waals surface area (Å²) in [5, 5.41) is 8.40. The molecule has 1 saturated heterocycles. The molecule has 10 heteroatoms. The Kier molecular flexibility index (Phi) is 6.89. The molecule has 2 heterocycles. The first-order valence-corrected chi connectivity index (χ1v) is 10.5. The number of guanidine groups is 1. The maximum absolute atomic E-state index is 12.6. The number of halogens is 4. The third-order valence-electron chi connectivity index (χ3n) is 4.83. The summed E-state index contributed by atoms with van der Waals surface area (Å²) in [6, 6.07) is 5.92. The summed E-state index contributed by atoms with van der Waals surface area (Å²) in [4.78, 5) is 10.1. The summed E-state index contributed by atoms with van der Waals surface area (Å²) in [6.45, 7) is 4.86. The molecule has 1 aliphatic rings. The van der Waals surface area contributed by atoms with Crippen molar-refractivity contribution in [3.63, 3.8) is 0 Å². The van der Waals surface area contributed by atoms with Crippen LogP contribution in [0.5, 0.6) is 0 Å². The number of aliphatic imine (C=N–C) groups is 1. The van der Waals surface area contributed by atoms with Crippen LogP contribution in [0.25, 0.3) is 0 Å². The fourth-order valence-corrected chi connectivity index (χ4v) is 4.19. The van der Waals surface area contributed by atoms with Gasteiger partial charge < -0.3 is 15.5 Å². The number of rotatable bonds is 5. The first-order chi connectivity index (χ1) is 13.8. The molecule has 0 spiro atoms. The summed E-state index contributed by atoms with van der Waals surface area (Å²) in [6.07, 6.45) is -3.37. The molecule has 0 saturated carbocycles. The van der Waals surface area contributed by atoms with Gasteiger partial charge >= 0.3 is 6.18 Å². The second-order valence-electron chi connectivity index (χ2n) is 6.96. The van der Waals surface area contributed by atoms with Gasteiger partial charge in [-0.15, -0.1) is 11.3 Å². The van der Waals surface area contributed by atoms with E-state index >= 15 is 0 Å². The molecule has 1 atom stereocenters. The number of nitrogens with zero attached hydrogens (tertiary/aromatic N) is 3. The van der Waals surface area contributed by atoms with Crippen LogP contribution >= 0.6 is 22.9 Å². The van der Waals surface area contributed by atoms with Crippen molar-refractivity contribution >= 4 is 34.6 Å². The molecule has 29 heavy (non-hydrogen) atoms. The second kappa shape index (κ2) is 9.21. The van der Waals surface area contributed by atoms with Gasteiger partial charge in [0.15, 0.2) is 11.7 Å². The minimum atomic E-state index is -4.41. The van der Waals surface area contributed by atoms with E-state index in [1.807, 2.05) is 18.2 Å². The van der Waals surface area contributed by atoms with Crippen molar-refractivity contribution in [3.05, 3.63) is 44.9 Å². The molecule has 158 valence electrons. The fourth-order valence-electron chi connectivity index (χ4n) is 3.28. The first kappa shape index (κ1) is 21.7. The van der Waals surface area contributed by atoms with Crippen molar-refractivity contribution in [3.8, 4) is 0 Å². The van der Waals surface area contributed by atoms with E-state index in [9.17, 15) is 13.2 Å². The Morgan fingerprint density at radius 2 is 2.17 bits per heavy atom. The van der Waals surface area contributed by atoms with Gasteiger partial charge in [0.2, 0.25) is 0 Å². The van der Waals surface area contributed by atoms with Crippen molar-refractivity contribution < 1.29 is 13.2 Å². The number of benzene rings is 1. The molecule has 5 nitrogen and oxygen atoms in total. The standard InChI is InChI=1S/C19H23ClF3N5S/c1-12-3-4-14(20)7-15(12)28-6-5-13(10-28)8-25-18(24-2)26-9-17-27-16(11-29-17)19(21,22)23/h3-4,7,11,13H,5-6,8-10H2,1-2H3,(H2,24,25,26). The third kappa shape index (κ3) is 5.76. The number of alkyl halides is 3. The molecule has 0 bridgehead atoms. The number of anilines is 1. The molecule has 2 N–H and O–H groups in total. The van der Waals surface area contributed by atoms with Gasteiger partial charge in [-0.2, -0.15) is 13.2 Å². The minimum Gasteiger partial charge on any atom is -0.371 e. The van der Waals surface area contributed by atoms with E-state index < -0.39 is 11.9 Å². The predicted molar refractivity (Wildman–Crippen MR) is 112 cm³/mol. The maximum atomic E-state index is 12.6. The Balaban J connectivity index is 1.48. The topological polar surface area (TPSA) is 52.6 Å². The third-order valence-corrected chi connectivity index (χ3v) is 5.91. The molecule has 0 amide bonds. The molecule has 2 aromatic rings. The van der Waals surface area contributed by atoms with Crippen LogP contribution in [0.4, 0.5) is 18.9 Å². The van der Waals surface area contributed by atoms with E-state index in [1.165, 1.54) is 5.56 Å². The van der Waals surface area contributed by atoms with E-state index in [-0.39, 0.29) is 6.54 Å². The van der Waals surface area contributed by atoms with Crippen molar-refractivity contribution in [2.24, 2.45) is 10.9 Å². The number of thiazole rings is 1.